The van der Waals surface area contributed by atoms with E-state index < -0.39 is 0 Å². The molecule has 0 radical (unpaired) electrons. The second kappa shape index (κ2) is 6.92. The van der Waals surface area contributed by atoms with Crippen LogP contribution in [0.1, 0.15) is 26.7 Å². The molecule has 1 nitrogen and oxygen atoms in total. The maximum absolute atomic E-state index is 12.7. The molecule has 0 amide bonds. The number of halogens is 1. The first-order valence-electron chi connectivity index (χ1n) is 5.73. The second-order valence-electron chi connectivity index (χ2n) is 3.91. The van der Waals surface area contributed by atoms with Crippen LogP contribution in [0.15, 0.2) is 29.2 Å². The molecule has 3 heteroatoms. The summed E-state index contributed by atoms with van der Waals surface area (Å²) < 4.78 is 12.7. The van der Waals surface area contributed by atoms with Gasteiger partial charge >= 0.3 is 0 Å². The van der Waals surface area contributed by atoms with Gasteiger partial charge in [0.2, 0.25) is 0 Å². The molecule has 16 heavy (non-hydrogen) atoms. The largest absolute Gasteiger partial charge is 0.392 e. The summed E-state index contributed by atoms with van der Waals surface area (Å²) >= 11 is 1.58. The van der Waals surface area contributed by atoms with Crippen LogP contribution < -0.4 is 0 Å². The molecule has 1 aromatic rings. The van der Waals surface area contributed by atoms with Crippen molar-refractivity contribution in [2.45, 2.75) is 37.7 Å². The average Bonchev–Trinajstić information content (AvgIpc) is 2.30. The molecule has 0 aliphatic rings. The van der Waals surface area contributed by atoms with Gasteiger partial charge in [-0.25, -0.2) is 4.39 Å². The van der Waals surface area contributed by atoms with Crippen molar-refractivity contribution in [3.8, 4) is 0 Å². The molecule has 0 saturated heterocycles. The van der Waals surface area contributed by atoms with Crippen molar-refractivity contribution >= 4 is 11.8 Å². The molecule has 0 heterocycles. The van der Waals surface area contributed by atoms with E-state index in [1.165, 1.54) is 12.1 Å². The van der Waals surface area contributed by atoms with E-state index in [9.17, 15) is 9.50 Å². The van der Waals surface area contributed by atoms with Crippen LogP contribution in [-0.4, -0.2) is 17.0 Å². The van der Waals surface area contributed by atoms with Gasteiger partial charge in [0.1, 0.15) is 5.82 Å². The van der Waals surface area contributed by atoms with Crippen LogP contribution in [0.3, 0.4) is 0 Å². The molecule has 0 saturated carbocycles. The molecule has 1 N–H and O–H groups in total. The van der Waals surface area contributed by atoms with Gasteiger partial charge in [-0.15, -0.1) is 11.8 Å². The van der Waals surface area contributed by atoms with Crippen molar-refractivity contribution < 1.29 is 9.50 Å². The number of aliphatic hydroxyl groups is 1. The topological polar surface area (TPSA) is 20.2 Å². The van der Waals surface area contributed by atoms with Crippen LogP contribution in [0.2, 0.25) is 0 Å². The van der Waals surface area contributed by atoms with Crippen LogP contribution in [-0.2, 0) is 0 Å². The predicted octanol–water partition coefficient (Wildman–Crippen LogP) is 3.71. The molecule has 1 aromatic carbocycles. The normalized spacial score (nSPS) is 13.1. The maximum atomic E-state index is 12.7. The van der Waals surface area contributed by atoms with Crippen LogP contribution in [0.5, 0.6) is 0 Å². The Morgan fingerprint density at radius 1 is 1.19 bits per heavy atom. The lowest BCUT2D eigenvalue weighted by Crippen LogP contribution is -2.21. The van der Waals surface area contributed by atoms with Crippen molar-refractivity contribution in [1.29, 1.82) is 0 Å². The van der Waals surface area contributed by atoms with Crippen molar-refractivity contribution in [3.05, 3.63) is 30.1 Å². The molecule has 1 rings (SSSR count). The summed E-state index contributed by atoms with van der Waals surface area (Å²) in [4.78, 5) is 1.01. The van der Waals surface area contributed by atoms with E-state index in [-0.39, 0.29) is 11.9 Å². The number of hydrogen-bond donors (Lipinski definition) is 1. The molecular weight excluding hydrogens is 223 g/mol. The minimum Gasteiger partial charge on any atom is -0.392 e. The van der Waals surface area contributed by atoms with Crippen molar-refractivity contribution in [1.82, 2.24) is 0 Å². The second-order valence-corrected chi connectivity index (χ2v) is 5.00. The Morgan fingerprint density at radius 2 is 1.75 bits per heavy atom. The Labute approximate surface area is 101 Å². The summed E-state index contributed by atoms with van der Waals surface area (Å²) in [6, 6.07) is 6.40. The first kappa shape index (κ1) is 13.5. The lowest BCUT2D eigenvalue weighted by Gasteiger charge is -2.19. The fourth-order valence-electron chi connectivity index (χ4n) is 1.68. The van der Waals surface area contributed by atoms with E-state index in [0.29, 0.717) is 11.7 Å². The molecule has 1 atom stereocenters. The van der Waals surface area contributed by atoms with E-state index >= 15 is 0 Å². The predicted molar refractivity (Wildman–Crippen MR) is 67.2 cm³/mol. The average molecular weight is 242 g/mol. The highest BCUT2D eigenvalue weighted by Crippen LogP contribution is 2.23. The number of aliphatic hydroxyl groups excluding tert-OH is 1. The summed E-state index contributed by atoms with van der Waals surface area (Å²) in [7, 11) is 0. The van der Waals surface area contributed by atoms with Gasteiger partial charge in [-0.05, 0) is 30.2 Å². The monoisotopic (exact) mass is 242 g/mol. The highest BCUT2D eigenvalue weighted by molar-refractivity contribution is 7.99. The van der Waals surface area contributed by atoms with Gasteiger partial charge < -0.3 is 5.11 Å². The zero-order valence-corrected chi connectivity index (χ0v) is 10.6. The lowest BCUT2D eigenvalue weighted by atomic mass is 9.98. The summed E-state index contributed by atoms with van der Waals surface area (Å²) in [5, 5.41) is 9.93. The molecule has 0 aliphatic carbocycles. The zero-order valence-electron chi connectivity index (χ0n) is 9.82. The summed E-state index contributed by atoms with van der Waals surface area (Å²) in [5.74, 6) is 0.829. The maximum Gasteiger partial charge on any atom is 0.123 e. The minimum atomic E-state index is -0.273. The Bertz CT molecular complexity index is 295. The molecule has 1 unspecified atom stereocenters. The van der Waals surface area contributed by atoms with Gasteiger partial charge in [-0.2, -0.15) is 0 Å². The van der Waals surface area contributed by atoms with E-state index in [4.69, 9.17) is 0 Å². The third kappa shape index (κ3) is 4.14. The van der Waals surface area contributed by atoms with Crippen LogP contribution in [0.25, 0.3) is 0 Å². The van der Waals surface area contributed by atoms with Crippen LogP contribution >= 0.6 is 11.8 Å². The molecule has 90 valence electrons. The summed E-state index contributed by atoms with van der Waals surface area (Å²) in [6.07, 6.45) is 1.73. The van der Waals surface area contributed by atoms with Gasteiger partial charge in [0.15, 0.2) is 0 Å². The molecule has 0 fully saturated rings. The highest BCUT2D eigenvalue weighted by atomic mass is 32.2. The molecule has 0 aromatic heterocycles. The Hall–Kier alpha value is -0.540. The molecule has 0 aliphatic heterocycles. The van der Waals surface area contributed by atoms with Gasteiger partial charge in [-0.3, -0.25) is 0 Å². The highest BCUT2D eigenvalue weighted by Gasteiger charge is 2.15. The fourth-order valence-corrected chi connectivity index (χ4v) is 2.65. The fraction of sp³-hybridized carbons (Fsp3) is 0.538. The third-order valence-electron chi connectivity index (χ3n) is 2.83. The smallest absolute Gasteiger partial charge is 0.123 e. The van der Waals surface area contributed by atoms with Crippen LogP contribution in [0.4, 0.5) is 4.39 Å². The molecule has 0 bridgehead atoms. The third-order valence-corrected chi connectivity index (χ3v) is 3.94. The standard InChI is InChI=1S/C13H19FOS/c1-3-10(4-2)13(15)9-16-12-7-5-11(14)6-8-12/h5-8,10,13,15H,3-4,9H2,1-2H3. The number of rotatable bonds is 6. The van der Waals surface area contributed by atoms with E-state index in [1.54, 1.807) is 23.9 Å². The first-order valence-corrected chi connectivity index (χ1v) is 6.72. The van der Waals surface area contributed by atoms with Gasteiger partial charge in [0.05, 0.1) is 6.10 Å². The van der Waals surface area contributed by atoms with Gasteiger partial charge in [0.25, 0.3) is 0 Å². The molecule has 0 spiro atoms. The number of benzene rings is 1. The summed E-state index contributed by atoms with van der Waals surface area (Å²) in [6.45, 7) is 4.19. The van der Waals surface area contributed by atoms with Gasteiger partial charge in [0, 0.05) is 10.6 Å². The van der Waals surface area contributed by atoms with Crippen molar-refractivity contribution in [2.24, 2.45) is 5.92 Å². The summed E-state index contributed by atoms with van der Waals surface area (Å²) in [5.41, 5.74) is 0. The van der Waals surface area contributed by atoms with E-state index in [0.717, 1.165) is 17.7 Å². The van der Waals surface area contributed by atoms with E-state index in [2.05, 4.69) is 13.8 Å². The quantitative estimate of drug-likeness (QED) is 0.767. The number of thioether (sulfide) groups is 1. The Balaban J connectivity index is 2.42. The SMILES string of the molecule is CCC(CC)C(O)CSc1ccc(F)cc1. The Kier molecular flexibility index (Phi) is 5.85. The number of hydrogen-bond acceptors (Lipinski definition) is 2. The van der Waals surface area contributed by atoms with Crippen molar-refractivity contribution in [2.75, 3.05) is 5.75 Å². The zero-order chi connectivity index (χ0) is 12.0. The lowest BCUT2D eigenvalue weighted by molar-refractivity contribution is 0.125. The van der Waals surface area contributed by atoms with Crippen molar-refractivity contribution in [3.63, 3.8) is 0 Å². The molecular formula is C13H19FOS. The van der Waals surface area contributed by atoms with Gasteiger partial charge in [-0.1, -0.05) is 26.7 Å². The first-order chi connectivity index (χ1) is 7.67. The van der Waals surface area contributed by atoms with Crippen LogP contribution in [0, 0.1) is 11.7 Å². The Morgan fingerprint density at radius 3 is 2.25 bits per heavy atom. The minimum absolute atomic E-state index is 0.218. The van der Waals surface area contributed by atoms with E-state index in [1.807, 2.05) is 0 Å².